The minimum Gasteiger partial charge on any atom is -0.496 e. The highest BCUT2D eigenvalue weighted by Crippen LogP contribution is 2.27. The summed E-state index contributed by atoms with van der Waals surface area (Å²) in [6.45, 7) is 6.46. The van der Waals surface area contributed by atoms with Crippen molar-refractivity contribution in [3.05, 3.63) is 51.7 Å². The molecule has 0 aliphatic carbocycles. The first-order chi connectivity index (χ1) is 12.5. The average Bonchev–Trinajstić information content (AvgIpc) is 3.05. The number of likely N-dealkylation sites (N-methyl/N-ethyl adjacent to an activating group) is 1. The van der Waals surface area contributed by atoms with Crippen LogP contribution in [0.25, 0.3) is 0 Å². The predicted molar refractivity (Wildman–Crippen MR) is 111 cm³/mol. The molecule has 0 bridgehead atoms. The maximum atomic E-state index is 5.54. The van der Waals surface area contributed by atoms with Crippen LogP contribution in [0, 0.1) is 6.92 Å². The van der Waals surface area contributed by atoms with E-state index in [4.69, 9.17) is 9.73 Å². The molecule has 1 atom stereocenters. The molecule has 0 aliphatic heterocycles. The smallest absolute Gasteiger partial charge is 0.191 e. The minimum absolute atomic E-state index is 0.180. The van der Waals surface area contributed by atoms with Crippen molar-refractivity contribution in [2.24, 2.45) is 4.99 Å². The van der Waals surface area contributed by atoms with Gasteiger partial charge in [-0.3, -0.25) is 0 Å². The van der Waals surface area contributed by atoms with Crippen molar-refractivity contribution in [2.45, 2.75) is 26.4 Å². The fourth-order valence-corrected chi connectivity index (χ4v) is 3.59. The first-order valence-corrected chi connectivity index (χ1v) is 9.73. The van der Waals surface area contributed by atoms with E-state index in [0.29, 0.717) is 6.54 Å². The predicted octanol–water partition coefficient (Wildman–Crippen LogP) is 3.42. The molecule has 1 heterocycles. The van der Waals surface area contributed by atoms with Crippen LogP contribution in [-0.2, 0) is 6.54 Å². The van der Waals surface area contributed by atoms with Gasteiger partial charge in [-0.15, -0.1) is 11.3 Å². The molecule has 0 amide bonds. The van der Waals surface area contributed by atoms with Crippen LogP contribution in [0.3, 0.4) is 0 Å². The van der Waals surface area contributed by atoms with Crippen molar-refractivity contribution in [2.75, 3.05) is 34.3 Å². The molecule has 0 spiro atoms. The van der Waals surface area contributed by atoms with Crippen LogP contribution in [0.1, 0.15) is 28.3 Å². The van der Waals surface area contributed by atoms with Crippen LogP contribution in [0.2, 0.25) is 0 Å². The molecule has 0 aliphatic rings. The van der Waals surface area contributed by atoms with Crippen molar-refractivity contribution in [1.29, 1.82) is 0 Å². The molecule has 142 valence electrons. The summed E-state index contributed by atoms with van der Waals surface area (Å²) in [5.74, 6) is 1.74. The zero-order valence-corrected chi connectivity index (χ0v) is 17.2. The Balaban J connectivity index is 2.08. The fraction of sp³-hybridized carbons (Fsp3) is 0.450. The van der Waals surface area contributed by atoms with Gasteiger partial charge in [-0.2, -0.15) is 0 Å². The van der Waals surface area contributed by atoms with Gasteiger partial charge in [0.05, 0.1) is 19.7 Å². The summed E-state index contributed by atoms with van der Waals surface area (Å²) in [6.07, 6.45) is 0. The molecule has 1 unspecified atom stereocenters. The number of nitrogens with zero attached hydrogens (tertiary/aromatic N) is 2. The molecule has 2 aromatic rings. The lowest BCUT2D eigenvalue weighted by atomic mass is 10.0. The maximum absolute atomic E-state index is 5.54. The Labute approximate surface area is 161 Å². The molecule has 5 nitrogen and oxygen atoms in total. The quantitative estimate of drug-likeness (QED) is 0.549. The summed E-state index contributed by atoms with van der Waals surface area (Å²) in [6, 6.07) is 12.6. The van der Waals surface area contributed by atoms with E-state index in [1.165, 1.54) is 9.75 Å². The second kappa shape index (κ2) is 10.2. The summed E-state index contributed by atoms with van der Waals surface area (Å²) < 4.78 is 5.54. The van der Waals surface area contributed by atoms with E-state index in [9.17, 15) is 0 Å². The third kappa shape index (κ3) is 5.75. The van der Waals surface area contributed by atoms with Crippen molar-refractivity contribution in [3.63, 3.8) is 0 Å². The average molecular weight is 375 g/mol. The normalized spacial score (nSPS) is 12.9. The number of thiophene rings is 1. The summed E-state index contributed by atoms with van der Waals surface area (Å²) in [7, 11) is 5.88. The number of hydrogen-bond acceptors (Lipinski definition) is 4. The Morgan fingerprint density at radius 2 is 1.96 bits per heavy atom. The van der Waals surface area contributed by atoms with Gasteiger partial charge in [0.25, 0.3) is 0 Å². The first-order valence-electron chi connectivity index (χ1n) is 8.92. The number of para-hydroxylation sites is 1. The Morgan fingerprint density at radius 3 is 2.58 bits per heavy atom. The Hall–Kier alpha value is -2.05. The summed E-state index contributed by atoms with van der Waals surface area (Å²) in [5.41, 5.74) is 1.16. The molecule has 2 N–H and O–H groups in total. The summed E-state index contributed by atoms with van der Waals surface area (Å²) in [5, 5.41) is 6.80. The summed E-state index contributed by atoms with van der Waals surface area (Å²) >= 11 is 1.79. The number of methoxy groups -OCH3 is 1. The van der Waals surface area contributed by atoms with Gasteiger partial charge in [0.15, 0.2) is 5.96 Å². The second-order valence-electron chi connectivity index (χ2n) is 6.31. The molecule has 0 fully saturated rings. The Morgan fingerprint density at radius 1 is 1.19 bits per heavy atom. The van der Waals surface area contributed by atoms with Gasteiger partial charge in [0.1, 0.15) is 5.75 Å². The molecule has 26 heavy (non-hydrogen) atoms. The van der Waals surface area contributed by atoms with Gasteiger partial charge in [0.2, 0.25) is 0 Å². The van der Waals surface area contributed by atoms with Gasteiger partial charge in [0, 0.05) is 28.4 Å². The first kappa shape index (κ1) is 20.3. The number of hydrogen-bond donors (Lipinski definition) is 2. The van der Waals surface area contributed by atoms with Crippen LogP contribution in [0.5, 0.6) is 5.75 Å². The Kier molecular flexibility index (Phi) is 7.94. The monoisotopic (exact) mass is 374 g/mol. The molecular formula is C20H30N4OS. The zero-order valence-electron chi connectivity index (χ0n) is 16.4. The molecule has 6 heteroatoms. The fourth-order valence-electron chi connectivity index (χ4n) is 2.77. The SMILES string of the molecule is CCNC(=NCc1ccc(C)s1)NCC(c1ccccc1OC)N(C)C. The van der Waals surface area contributed by atoms with Crippen molar-refractivity contribution in [1.82, 2.24) is 15.5 Å². The minimum atomic E-state index is 0.180. The van der Waals surface area contributed by atoms with E-state index in [1.54, 1.807) is 18.4 Å². The number of aliphatic imine (C=N–C) groups is 1. The van der Waals surface area contributed by atoms with E-state index < -0.39 is 0 Å². The van der Waals surface area contributed by atoms with Crippen LogP contribution < -0.4 is 15.4 Å². The van der Waals surface area contributed by atoms with Gasteiger partial charge >= 0.3 is 0 Å². The van der Waals surface area contributed by atoms with Crippen molar-refractivity contribution < 1.29 is 4.74 Å². The van der Waals surface area contributed by atoms with Crippen LogP contribution in [0.4, 0.5) is 0 Å². The highest BCUT2D eigenvalue weighted by molar-refractivity contribution is 7.11. The number of benzene rings is 1. The number of aryl methyl sites for hydroxylation is 1. The standard InChI is InChI=1S/C20H30N4OS/c1-6-21-20(22-13-16-12-11-15(2)26-16)23-14-18(24(3)4)17-9-7-8-10-19(17)25-5/h7-12,18H,6,13-14H2,1-5H3,(H2,21,22,23). The van der Waals surface area contributed by atoms with Gasteiger partial charge in [-0.05, 0) is 46.1 Å². The topological polar surface area (TPSA) is 48.9 Å². The second-order valence-corrected chi connectivity index (χ2v) is 7.68. The van der Waals surface area contributed by atoms with Crippen molar-refractivity contribution in [3.8, 4) is 5.75 Å². The molecule has 0 saturated carbocycles. The third-order valence-electron chi connectivity index (χ3n) is 4.12. The van der Waals surface area contributed by atoms with Gasteiger partial charge in [-0.25, -0.2) is 4.99 Å². The lowest BCUT2D eigenvalue weighted by Gasteiger charge is -2.27. The van der Waals surface area contributed by atoms with Crippen LogP contribution in [0.15, 0.2) is 41.4 Å². The van der Waals surface area contributed by atoms with Crippen LogP contribution in [-0.4, -0.2) is 45.2 Å². The van der Waals surface area contributed by atoms with E-state index in [1.807, 2.05) is 18.2 Å². The van der Waals surface area contributed by atoms with Gasteiger partial charge in [-0.1, -0.05) is 18.2 Å². The lowest BCUT2D eigenvalue weighted by molar-refractivity contribution is 0.287. The zero-order chi connectivity index (χ0) is 18.9. The molecule has 1 aromatic heterocycles. The highest BCUT2D eigenvalue weighted by Gasteiger charge is 2.18. The van der Waals surface area contributed by atoms with Crippen LogP contribution >= 0.6 is 11.3 Å². The molecule has 0 radical (unpaired) electrons. The van der Waals surface area contributed by atoms with E-state index in [2.05, 4.69) is 61.7 Å². The molecule has 1 aromatic carbocycles. The highest BCUT2D eigenvalue weighted by atomic mass is 32.1. The summed E-state index contributed by atoms with van der Waals surface area (Å²) in [4.78, 5) is 9.50. The molecular weight excluding hydrogens is 344 g/mol. The molecule has 2 rings (SSSR count). The largest absolute Gasteiger partial charge is 0.496 e. The number of rotatable bonds is 8. The van der Waals surface area contributed by atoms with Crippen molar-refractivity contribution >= 4 is 17.3 Å². The van der Waals surface area contributed by atoms with E-state index in [0.717, 1.165) is 30.4 Å². The maximum Gasteiger partial charge on any atom is 0.191 e. The third-order valence-corrected chi connectivity index (χ3v) is 5.10. The number of guanidine groups is 1. The number of ether oxygens (including phenoxy) is 1. The Bertz CT molecular complexity index is 711. The molecule has 0 saturated heterocycles. The lowest BCUT2D eigenvalue weighted by Crippen LogP contribution is -2.41. The number of nitrogens with one attached hydrogen (secondary N) is 2. The van der Waals surface area contributed by atoms with Gasteiger partial charge < -0.3 is 20.3 Å². The van der Waals surface area contributed by atoms with E-state index in [-0.39, 0.29) is 6.04 Å². The van der Waals surface area contributed by atoms with E-state index >= 15 is 0 Å².